The van der Waals surface area contributed by atoms with Crippen molar-refractivity contribution in [1.82, 2.24) is 10.2 Å². The number of hydrogen-bond donors (Lipinski definition) is 2. The summed E-state index contributed by atoms with van der Waals surface area (Å²) >= 11 is 0. The van der Waals surface area contributed by atoms with E-state index >= 15 is 0 Å². The summed E-state index contributed by atoms with van der Waals surface area (Å²) in [5.74, 6) is 0.823. The van der Waals surface area contributed by atoms with Gasteiger partial charge in [-0.1, -0.05) is 0 Å². The van der Waals surface area contributed by atoms with E-state index in [4.69, 9.17) is 5.73 Å². The highest BCUT2D eigenvalue weighted by atomic mass is 19.4. The number of unbranched alkanes of at least 4 members (excludes halogenated alkanes) is 1. The molecule has 0 atom stereocenters. The summed E-state index contributed by atoms with van der Waals surface area (Å²) in [6, 6.07) is 3.21. The van der Waals surface area contributed by atoms with Gasteiger partial charge >= 0.3 is 6.18 Å². The van der Waals surface area contributed by atoms with Crippen molar-refractivity contribution in [2.24, 2.45) is 0 Å². The van der Waals surface area contributed by atoms with Gasteiger partial charge in [0.1, 0.15) is 11.6 Å². The molecule has 1 aromatic heterocycles. The van der Waals surface area contributed by atoms with Gasteiger partial charge in [-0.3, -0.25) is 0 Å². The van der Waals surface area contributed by atoms with Crippen molar-refractivity contribution in [1.29, 1.82) is 0 Å². The van der Waals surface area contributed by atoms with Crippen LogP contribution in [0.5, 0.6) is 0 Å². The van der Waals surface area contributed by atoms with Gasteiger partial charge in [0.15, 0.2) is 0 Å². The first-order valence-corrected chi connectivity index (χ1v) is 4.87. The zero-order valence-electron chi connectivity index (χ0n) is 8.59. The van der Waals surface area contributed by atoms with E-state index in [2.05, 4.69) is 15.5 Å². The van der Waals surface area contributed by atoms with Crippen LogP contribution in [0.15, 0.2) is 12.1 Å². The molecule has 1 heterocycles. The van der Waals surface area contributed by atoms with Crippen LogP contribution in [-0.4, -0.2) is 22.9 Å². The van der Waals surface area contributed by atoms with E-state index in [0.29, 0.717) is 24.6 Å². The van der Waals surface area contributed by atoms with Crippen LogP contribution in [0, 0.1) is 0 Å². The molecule has 1 aromatic rings. The van der Waals surface area contributed by atoms with Gasteiger partial charge in [-0.05, 0) is 25.0 Å². The van der Waals surface area contributed by atoms with Gasteiger partial charge < -0.3 is 11.1 Å². The van der Waals surface area contributed by atoms with E-state index in [1.165, 1.54) is 0 Å². The molecule has 0 spiro atoms. The molecule has 4 nitrogen and oxygen atoms in total. The van der Waals surface area contributed by atoms with Crippen molar-refractivity contribution < 1.29 is 13.2 Å². The standard InChI is InChI=1S/C9H13F3N4/c10-9(11,12)5-1-2-6-14-8-4-3-7(13)15-16-8/h3-4H,1-2,5-6H2,(H2,13,15)(H,14,16). The first-order chi connectivity index (χ1) is 7.47. The highest BCUT2D eigenvalue weighted by Crippen LogP contribution is 2.21. The second-order valence-corrected chi connectivity index (χ2v) is 3.34. The molecule has 16 heavy (non-hydrogen) atoms. The zero-order valence-corrected chi connectivity index (χ0v) is 8.59. The molecule has 1 rings (SSSR count). The maximum atomic E-state index is 11.8. The minimum atomic E-state index is -4.07. The number of aromatic nitrogens is 2. The van der Waals surface area contributed by atoms with Crippen molar-refractivity contribution in [3.63, 3.8) is 0 Å². The van der Waals surface area contributed by atoms with E-state index in [-0.39, 0.29) is 6.42 Å². The van der Waals surface area contributed by atoms with Gasteiger partial charge in [-0.2, -0.15) is 13.2 Å². The third-order valence-electron chi connectivity index (χ3n) is 1.88. The summed E-state index contributed by atoms with van der Waals surface area (Å²) in [6.07, 6.45) is -4.27. The van der Waals surface area contributed by atoms with Gasteiger partial charge in [0, 0.05) is 13.0 Å². The number of nitrogens with zero attached hydrogens (tertiary/aromatic N) is 2. The quantitative estimate of drug-likeness (QED) is 0.766. The molecule has 0 fully saturated rings. The number of nitrogens with two attached hydrogens (primary N) is 1. The lowest BCUT2D eigenvalue weighted by molar-refractivity contribution is -0.135. The van der Waals surface area contributed by atoms with Crippen molar-refractivity contribution in [2.45, 2.75) is 25.4 Å². The zero-order chi connectivity index (χ0) is 12.0. The molecule has 0 radical (unpaired) electrons. The SMILES string of the molecule is Nc1ccc(NCCCCC(F)(F)F)nn1. The molecule has 0 aliphatic heterocycles. The van der Waals surface area contributed by atoms with Gasteiger partial charge in [-0.25, -0.2) is 0 Å². The summed E-state index contributed by atoms with van der Waals surface area (Å²) in [5.41, 5.74) is 5.32. The minimum absolute atomic E-state index is 0.110. The maximum Gasteiger partial charge on any atom is 0.389 e. The number of halogens is 3. The Morgan fingerprint density at radius 3 is 2.50 bits per heavy atom. The van der Waals surface area contributed by atoms with Crippen LogP contribution in [-0.2, 0) is 0 Å². The largest absolute Gasteiger partial charge is 0.389 e. The fourth-order valence-electron chi connectivity index (χ4n) is 1.10. The summed E-state index contributed by atoms with van der Waals surface area (Å²) < 4.78 is 35.4. The van der Waals surface area contributed by atoms with Crippen LogP contribution < -0.4 is 11.1 Å². The van der Waals surface area contributed by atoms with Gasteiger partial charge in [0.2, 0.25) is 0 Å². The second kappa shape index (κ2) is 5.53. The van der Waals surface area contributed by atoms with Crippen LogP contribution in [0.2, 0.25) is 0 Å². The fourth-order valence-corrected chi connectivity index (χ4v) is 1.10. The first-order valence-electron chi connectivity index (χ1n) is 4.87. The number of nitrogen functional groups attached to an aromatic ring is 1. The molecule has 0 aliphatic rings. The van der Waals surface area contributed by atoms with Crippen LogP contribution >= 0.6 is 0 Å². The number of anilines is 2. The molecule has 0 aromatic carbocycles. The lowest BCUT2D eigenvalue weighted by atomic mass is 10.2. The van der Waals surface area contributed by atoms with E-state index in [9.17, 15) is 13.2 Å². The Labute approximate surface area is 91.1 Å². The van der Waals surface area contributed by atoms with Crippen molar-refractivity contribution in [2.75, 3.05) is 17.6 Å². The number of nitrogens with one attached hydrogen (secondary N) is 1. The van der Waals surface area contributed by atoms with Crippen LogP contribution in [0.3, 0.4) is 0 Å². The van der Waals surface area contributed by atoms with Crippen molar-refractivity contribution in [3.8, 4) is 0 Å². The monoisotopic (exact) mass is 234 g/mol. The number of hydrogen-bond acceptors (Lipinski definition) is 4. The van der Waals surface area contributed by atoms with E-state index in [0.717, 1.165) is 0 Å². The molecule has 0 saturated carbocycles. The maximum absolute atomic E-state index is 11.8. The molecule has 3 N–H and O–H groups in total. The molecular formula is C9H13F3N4. The van der Waals surface area contributed by atoms with E-state index in [1.807, 2.05) is 0 Å². The van der Waals surface area contributed by atoms with Crippen LogP contribution in [0.25, 0.3) is 0 Å². The van der Waals surface area contributed by atoms with E-state index < -0.39 is 12.6 Å². The highest BCUT2D eigenvalue weighted by molar-refractivity contribution is 5.38. The van der Waals surface area contributed by atoms with Crippen molar-refractivity contribution >= 4 is 11.6 Å². The number of rotatable bonds is 5. The average molecular weight is 234 g/mol. The van der Waals surface area contributed by atoms with Gasteiger partial charge in [0.25, 0.3) is 0 Å². The minimum Gasteiger partial charge on any atom is -0.382 e. The Morgan fingerprint density at radius 2 is 1.94 bits per heavy atom. The fraction of sp³-hybridized carbons (Fsp3) is 0.556. The summed E-state index contributed by atoms with van der Waals surface area (Å²) in [6.45, 7) is 0.439. The molecular weight excluding hydrogens is 221 g/mol. The third-order valence-corrected chi connectivity index (χ3v) is 1.88. The number of alkyl halides is 3. The van der Waals surface area contributed by atoms with Gasteiger partial charge in [0.05, 0.1) is 0 Å². The Morgan fingerprint density at radius 1 is 1.19 bits per heavy atom. The molecule has 7 heteroatoms. The Kier molecular flexibility index (Phi) is 4.33. The van der Waals surface area contributed by atoms with Gasteiger partial charge in [-0.15, -0.1) is 10.2 Å². The summed E-state index contributed by atoms with van der Waals surface area (Å²) in [7, 11) is 0. The van der Waals surface area contributed by atoms with E-state index in [1.54, 1.807) is 12.1 Å². The second-order valence-electron chi connectivity index (χ2n) is 3.34. The first kappa shape index (κ1) is 12.5. The normalized spacial score (nSPS) is 11.4. The molecule has 0 aliphatic carbocycles. The predicted octanol–water partition coefficient (Wildman–Crippen LogP) is 2.20. The summed E-state index contributed by atoms with van der Waals surface area (Å²) in [5, 5.41) is 10.2. The molecule has 0 bridgehead atoms. The smallest absolute Gasteiger partial charge is 0.382 e. The predicted molar refractivity (Wildman–Crippen MR) is 54.8 cm³/mol. The topological polar surface area (TPSA) is 63.8 Å². The van der Waals surface area contributed by atoms with Crippen LogP contribution in [0.1, 0.15) is 19.3 Å². The average Bonchev–Trinajstić information content (AvgIpc) is 2.19. The molecule has 0 amide bonds. The Hall–Kier alpha value is -1.53. The summed E-state index contributed by atoms with van der Waals surface area (Å²) in [4.78, 5) is 0. The third kappa shape index (κ3) is 5.38. The Balaban J connectivity index is 2.14. The Bertz CT molecular complexity index is 310. The van der Waals surface area contributed by atoms with Crippen LogP contribution in [0.4, 0.5) is 24.8 Å². The van der Waals surface area contributed by atoms with Crippen molar-refractivity contribution in [3.05, 3.63) is 12.1 Å². The molecule has 0 unspecified atom stereocenters. The molecule has 90 valence electrons. The lowest BCUT2D eigenvalue weighted by Gasteiger charge is -2.06. The highest BCUT2D eigenvalue weighted by Gasteiger charge is 2.25. The lowest BCUT2D eigenvalue weighted by Crippen LogP contribution is -2.09. The molecule has 0 saturated heterocycles.